The minimum atomic E-state index is -0.0823. The Morgan fingerprint density at radius 1 is 1.12 bits per heavy atom. The average molecular weight is 334 g/mol. The molecule has 1 atom stereocenters. The molecule has 130 valence electrons. The Bertz CT molecular complexity index is 848. The average Bonchev–Trinajstić information content (AvgIpc) is 3.05. The lowest BCUT2D eigenvalue weighted by Crippen LogP contribution is -2.31. The van der Waals surface area contributed by atoms with Crippen LogP contribution in [-0.4, -0.2) is 22.8 Å². The molecule has 1 heterocycles. The lowest BCUT2D eigenvalue weighted by atomic mass is 9.95. The number of para-hydroxylation sites is 1. The van der Waals surface area contributed by atoms with Crippen LogP contribution in [0.5, 0.6) is 0 Å². The van der Waals surface area contributed by atoms with Gasteiger partial charge in [0.15, 0.2) is 0 Å². The van der Waals surface area contributed by atoms with Crippen molar-refractivity contribution < 1.29 is 4.79 Å². The van der Waals surface area contributed by atoms with E-state index in [0.717, 1.165) is 29.5 Å². The number of aromatic amines is 1. The molecule has 0 fully saturated rings. The van der Waals surface area contributed by atoms with E-state index < -0.39 is 0 Å². The first-order valence-electron chi connectivity index (χ1n) is 9.00. The molecule has 0 radical (unpaired) electrons. The monoisotopic (exact) mass is 334 g/mol. The molecule has 25 heavy (non-hydrogen) atoms. The summed E-state index contributed by atoms with van der Waals surface area (Å²) in [6.45, 7) is 4.20. The Balaban J connectivity index is 2.05. The number of aryl methyl sites for hydroxylation is 1. The zero-order valence-corrected chi connectivity index (χ0v) is 15.3. The highest BCUT2D eigenvalue weighted by Crippen LogP contribution is 2.33. The normalized spacial score (nSPS) is 12.3. The van der Waals surface area contributed by atoms with Gasteiger partial charge < -0.3 is 9.88 Å². The Morgan fingerprint density at radius 2 is 1.84 bits per heavy atom. The van der Waals surface area contributed by atoms with Crippen molar-refractivity contribution in [2.45, 2.75) is 39.2 Å². The zero-order valence-electron chi connectivity index (χ0n) is 15.3. The van der Waals surface area contributed by atoms with Crippen molar-refractivity contribution in [1.82, 2.24) is 9.88 Å². The second-order valence-electron chi connectivity index (χ2n) is 6.71. The number of benzene rings is 2. The van der Waals surface area contributed by atoms with Crippen LogP contribution in [0.25, 0.3) is 10.9 Å². The molecule has 0 unspecified atom stereocenters. The number of aromatic nitrogens is 1. The van der Waals surface area contributed by atoms with Gasteiger partial charge in [0, 0.05) is 36.1 Å². The molecule has 3 aromatic rings. The Hall–Kier alpha value is -2.55. The van der Waals surface area contributed by atoms with Gasteiger partial charge in [0.05, 0.1) is 6.04 Å². The summed E-state index contributed by atoms with van der Waals surface area (Å²) in [5.74, 6) is 0.192. The lowest BCUT2D eigenvalue weighted by Gasteiger charge is -2.29. The lowest BCUT2D eigenvalue weighted by molar-refractivity contribution is -0.131. The molecule has 0 bridgehead atoms. The zero-order chi connectivity index (χ0) is 17.8. The molecule has 1 N–H and O–H groups in total. The first-order chi connectivity index (χ1) is 12.1. The number of hydrogen-bond acceptors (Lipinski definition) is 1. The van der Waals surface area contributed by atoms with Crippen molar-refractivity contribution in [3.8, 4) is 0 Å². The molecule has 0 aliphatic heterocycles. The minimum Gasteiger partial charge on any atom is -0.361 e. The number of unbranched alkanes of at least 4 members (excludes halogenated alkanes) is 1. The summed E-state index contributed by atoms with van der Waals surface area (Å²) in [6.07, 6.45) is 4.59. The standard InChI is InChI=1S/C22H26N2O/c1-4-5-10-21(25)24(3)22(17-13-11-16(2)12-14-17)19-15-23-20-9-7-6-8-18(19)20/h6-9,11-15,22-23H,4-5,10H2,1-3H3/t22-/m0/s1. The maximum absolute atomic E-state index is 12.7. The molecule has 3 nitrogen and oxygen atoms in total. The fraction of sp³-hybridized carbons (Fsp3) is 0.318. The van der Waals surface area contributed by atoms with Crippen molar-refractivity contribution in [3.05, 3.63) is 71.4 Å². The predicted molar refractivity (Wildman–Crippen MR) is 104 cm³/mol. The van der Waals surface area contributed by atoms with Crippen LogP contribution < -0.4 is 0 Å². The van der Waals surface area contributed by atoms with Crippen LogP contribution in [0.3, 0.4) is 0 Å². The molecule has 0 saturated heterocycles. The minimum absolute atomic E-state index is 0.0823. The maximum atomic E-state index is 12.7. The van der Waals surface area contributed by atoms with Gasteiger partial charge in [-0.15, -0.1) is 0 Å². The van der Waals surface area contributed by atoms with Crippen molar-refractivity contribution in [1.29, 1.82) is 0 Å². The highest BCUT2D eigenvalue weighted by molar-refractivity contribution is 5.85. The molecule has 0 aliphatic carbocycles. The van der Waals surface area contributed by atoms with Gasteiger partial charge in [-0.2, -0.15) is 0 Å². The van der Waals surface area contributed by atoms with Gasteiger partial charge in [-0.1, -0.05) is 61.4 Å². The van der Waals surface area contributed by atoms with Gasteiger partial charge in [0.2, 0.25) is 5.91 Å². The van der Waals surface area contributed by atoms with E-state index in [1.165, 1.54) is 10.9 Å². The summed E-state index contributed by atoms with van der Waals surface area (Å²) in [4.78, 5) is 18.0. The summed E-state index contributed by atoms with van der Waals surface area (Å²) in [5, 5.41) is 1.17. The number of carbonyl (C=O) groups excluding carboxylic acids is 1. The topological polar surface area (TPSA) is 36.1 Å². The molecule has 0 aliphatic rings. The molecule has 3 rings (SSSR count). The number of hydrogen-bond donors (Lipinski definition) is 1. The first kappa shape index (κ1) is 17.3. The Morgan fingerprint density at radius 3 is 2.56 bits per heavy atom. The van der Waals surface area contributed by atoms with Crippen molar-refractivity contribution in [2.24, 2.45) is 0 Å². The summed E-state index contributed by atoms with van der Waals surface area (Å²) in [6, 6.07) is 16.7. The van der Waals surface area contributed by atoms with E-state index in [4.69, 9.17) is 0 Å². The van der Waals surface area contributed by atoms with Gasteiger partial charge in [-0.25, -0.2) is 0 Å². The fourth-order valence-corrected chi connectivity index (χ4v) is 3.33. The second-order valence-corrected chi connectivity index (χ2v) is 6.71. The van der Waals surface area contributed by atoms with E-state index in [9.17, 15) is 4.79 Å². The van der Waals surface area contributed by atoms with Gasteiger partial charge >= 0.3 is 0 Å². The Kier molecular flexibility index (Phi) is 5.22. The molecule has 2 aromatic carbocycles. The maximum Gasteiger partial charge on any atom is 0.223 e. The van der Waals surface area contributed by atoms with E-state index in [1.807, 2.05) is 30.3 Å². The smallest absolute Gasteiger partial charge is 0.223 e. The molecular formula is C22H26N2O. The molecule has 1 aromatic heterocycles. The molecule has 1 amide bonds. The number of rotatable bonds is 6. The van der Waals surface area contributed by atoms with Crippen molar-refractivity contribution in [2.75, 3.05) is 7.05 Å². The highest BCUT2D eigenvalue weighted by Gasteiger charge is 2.25. The third-order valence-corrected chi connectivity index (χ3v) is 4.83. The van der Waals surface area contributed by atoms with Gasteiger partial charge in [0.25, 0.3) is 0 Å². The van der Waals surface area contributed by atoms with Gasteiger partial charge in [0.1, 0.15) is 0 Å². The van der Waals surface area contributed by atoms with E-state index in [1.54, 1.807) is 0 Å². The Labute approximate surface area is 149 Å². The van der Waals surface area contributed by atoms with Crippen LogP contribution in [0.1, 0.15) is 48.9 Å². The van der Waals surface area contributed by atoms with Crippen LogP contribution in [0, 0.1) is 6.92 Å². The summed E-state index contributed by atoms with van der Waals surface area (Å²) in [5.41, 5.74) is 4.61. The van der Waals surface area contributed by atoms with Gasteiger partial charge in [-0.05, 0) is 25.0 Å². The largest absolute Gasteiger partial charge is 0.361 e. The molecular weight excluding hydrogens is 308 g/mol. The number of H-pyrrole nitrogens is 1. The highest BCUT2D eigenvalue weighted by atomic mass is 16.2. The summed E-state index contributed by atoms with van der Waals surface area (Å²) >= 11 is 0. The number of fused-ring (bicyclic) bond motifs is 1. The third-order valence-electron chi connectivity index (χ3n) is 4.83. The summed E-state index contributed by atoms with van der Waals surface area (Å²) in [7, 11) is 1.92. The van der Waals surface area contributed by atoms with E-state index in [2.05, 4.69) is 55.2 Å². The first-order valence-corrected chi connectivity index (χ1v) is 9.00. The van der Waals surface area contributed by atoms with Crippen LogP contribution >= 0.6 is 0 Å². The summed E-state index contributed by atoms with van der Waals surface area (Å²) < 4.78 is 0. The molecule has 0 spiro atoms. The van der Waals surface area contributed by atoms with Crippen LogP contribution in [-0.2, 0) is 4.79 Å². The van der Waals surface area contributed by atoms with Crippen molar-refractivity contribution >= 4 is 16.8 Å². The third kappa shape index (κ3) is 3.60. The van der Waals surface area contributed by atoms with Crippen LogP contribution in [0.2, 0.25) is 0 Å². The number of nitrogens with one attached hydrogen (secondary N) is 1. The SMILES string of the molecule is CCCCC(=O)N(C)[C@@H](c1ccc(C)cc1)c1c[nH]c2ccccc12. The molecule has 0 saturated carbocycles. The van der Waals surface area contributed by atoms with E-state index >= 15 is 0 Å². The second kappa shape index (κ2) is 7.56. The quantitative estimate of drug-likeness (QED) is 0.659. The van der Waals surface area contributed by atoms with Crippen molar-refractivity contribution in [3.63, 3.8) is 0 Å². The van der Waals surface area contributed by atoms with Gasteiger partial charge in [-0.3, -0.25) is 4.79 Å². The fourth-order valence-electron chi connectivity index (χ4n) is 3.33. The van der Waals surface area contributed by atoms with Crippen LogP contribution in [0.4, 0.5) is 0 Å². The molecule has 3 heteroatoms. The van der Waals surface area contributed by atoms with E-state index in [0.29, 0.717) is 6.42 Å². The van der Waals surface area contributed by atoms with Crippen LogP contribution in [0.15, 0.2) is 54.7 Å². The number of carbonyl (C=O) groups is 1. The van der Waals surface area contributed by atoms with E-state index in [-0.39, 0.29) is 11.9 Å². The predicted octanol–water partition coefficient (Wildman–Crippen LogP) is 5.21. The number of nitrogens with zero attached hydrogens (tertiary/aromatic N) is 1. The number of amides is 1.